The van der Waals surface area contributed by atoms with Crippen LogP contribution in [-0.2, 0) is 14.3 Å². The van der Waals surface area contributed by atoms with E-state index in [-0.39, 0.29) is 29.3 Å². The van der Waals surface area contributed by atoms with Gasteiger partial charge in [0.1, 0.15) is 0 Å². The van der Waals surface area contributed by atoms with Crippen LogP contribution in [0.1, 0.15) is 56.6 Å². The van der Waals surface area contributed by atoms with Crippen molar-refractivity contribution < 1.29 is 24.2 Å². The number of dihydropyridines is 1. The number of carbonyl (C=O) groups excluding carboxylic acids is 2. The van der Waals surface area contributed by atoms with Crippen LogP contribution in [0.25, 0.3) is 0 Å². The Bertz CT molecular complexity index is 1250. The van der Waals surface area contributed by atoms with E-state index < -0.39 is 11.9 Å². The third-order valence-electron chi connectivity index (χ3n) is 6.34. The van der Waals surface area contributed by atoms with E-state index in [1.807, 2.05) is 31.2 Å². The molecule has 2 aromatic rings. The van der Waals surface area contributed by atoms with E-state index in [1.165, 1.54) is 7.11 Å². The van der Waals surface area contributed by atoms with Gasteiger partial charge in [0.15, 0.2) is 17.3 Å². The highest BCUT2D eigenvalue weighted by atomic mass is 79.9. The number of hydrogen-bond donors (Lipinski definition) is 2. The monoisotopic (exact) mass is 559 g/mol. The molecule has 0 spiro atoms. The van der Waals surface area contributed by atoms with Gasteiger partial charge in [0.05, 0.1) is 23.3 Å². The minimum atomic E-state index is -0.665. The number of phenols is 1. The minimum Gasteiger partial charge on any atom is -0.503 e. The van der Waals surface area contributed by atoms with Crippen molar-refractivity contribution >= 4 is 39.3 Å². The van der Waals surface area contributed by atoms with Crippen LogP contribution >= 0.6 is 27.5 Å². The van der Waals surface area contributed by atoms with Crippen LogP contribution in [0.2, 0.25) is 5.02 Å². The number of aromatic hydroxyl groups is 1. The van der Waals surface area contributed by atoms with E-state index in [0.717, 1.165) is 11.3 Å². The number of Topliss-reactive ketones (excluding diaryl/α,β-unsaturated/α-hetero) is 1. The first-order valence-electron chi connectivity index (χ1n) is 11.4. The van der Waals surface area contributed by atoms with Crippen molar-refractivity contribution in [3.63, 3.8) is 0 Å². The fourth-order valence-electron chi connectivity index (χ4n) is 4.81. The van der Waals surface area contributed by atoms with Crippen molar-refractivity contribution in [3.05, 3.63) is 79.6 Å². The van der Waals surface area contributed by atoms with Gasteiger partial charge in [-0.25, -0.2) is 4.79 Å². The molecule has 4 rings (SSSR count). The van der Waals surface area contributed by atoms with E-state index in [1.54, 1.807) is 26.0 Å². The molecule has 0 radical (unpaired) electrons. The molecule has 184 valence electrons. The second-order valence-electron chi connectivity index (χ2n) is 9.08. The molecule has 0 saturated heterocycles. The van der Waals surface area contributed by atoms with Gasteiger partial charge in [0.25, 0.3) is 0 Å². The van der Waals surface area contributed by atoms with E-state index in [0.29, 0.717) is 44.7 Å². The van der Waals surface area contributed by atoms with Crippen molar-refractivity contribution in [1.29, 1.82) is 0 Å². The lowest BCUT2D eigenvalue weighted by Crippen LogP contribution is -2.36. The van der Waals surface area contributed by atoms with Crippen LogP contribution < -0.4 is 10.1 Å². The van der Waals surface area contributed by atoms with Gasteiger partial charge in [-0.2, -0.15) is 0 Å². The maximum atomic E-state index is 13.7. The van der Waals surface area contributed by atoms with Crippen molar-refractivity contribution in [2.45, 2.75) is 51.6 Å². The molecule has 2 N–H and O–H groups in total. The van der Waals surface area contributed by atoms with Gasteiger partial charge in [-0.1, -0.05) is 23.7 Å². The second kappa shape index (κ2) is 10.1. The van der Waals surface area contributed by atoms with Crippen LogP contribution in [0, 0.1) is 0 Å². The number of esters is 1. The smallest absolute Gasteiger partial charge is 0.337 e. The van der Waals surface area contributed by atoms with Crippen LogP contribution in [0.5, 0.6) is 11.5 Å². The average Bonchev–Trinajstić information content (AvgIpc) is 2.79. The van der Waals surface area contributed by atoms with Gasteiger partial charge in [0, 0.05) is 34.3 Å². The number of phenolic OH excluding ortho intramolecular Hbond substituents is 1. The molecule has 1 aliphatic heterocycles. The molecular weight excluding hydrogens is 534 g/mol. The summed E-state index contributed by atoms with van der Waals surface area (Å²) in [5, 5.41) is 14.3. The predicted octanol–water partition coefficient (Wildman–Crippen LogP) is 6.13. The third kappa shape index (κ3) is 4.98. The number of nitrogens with one attached hydrogen (secondary N) is 1. The molecule has 1 aliphatic carbocycles. The van der Waals surface area contributed by atoms with Crippen molar-refractivity contribution in [2.75, 3.05) is 7.11 Å². The summed E-state index contributed by atoms with van der Waals surface area (Å²) in [7, 11) is 1.45. The number of carbonyl (C=O) groups is 2. The molecular formula is C27H27BrClNO5. The van der Waals surface area contributed by atoms with Crippen LogP contribution in [0.15, 0.2) is 63.4 Å². The zero-order valence-corrected chi connectivity index (χ0v) is 22.3. The number of benzene rings is 2. The predicted molar refractivity (Wildman–Crippen MR) is 138 cm³/mol. The summed E-state index contributed by atoms with van der Waals surface area (Å²) in [6, 6.07) is 10.9. The molecule has 0 amide bonds. The lowest BCUT2D eigenvalue weighted by atomic mass is 9.71. The largest absolute Gasteiger partial charge is 0.503 e. The number of ketones is 1. The number of ether oxygens (including phenoxy) is 2. The van der Waals surface area contributed by atoms with Crippen LogP contribution in [0.4, 0.5) is 0 Å². The number of allylic oxidation sites excluding steroid dienone is 3. The highest BCUT2D eigenvalue weighted by Crippen LogP contribution is 2.48. The van der Waals surface area contributed by atoms with Crippen LogP contribution in [-0.4, -0.2) is 30.1 Å². The Balaban J connectivity index is 1.85. The van der Waals surface area contributed by atoms with Gasteiger partial charge in [-0.3, -0.25) is 4.79 Å². The Morgan fingerprint density at radius 1 is 1.17 bits per heavy atom. The number of rotatable bonds is 5. The molecule has 2 unspecified atom stereocenters. The topological polar surface area (TPSA) is 84.9 Å². The molecule has 35 heavy (non-hydrogen) atoms. The van der Waals surface area contributed by atoms with E-state index in [4.69, 9.17) is 21.1 Å². The summed E-state index contributed by atoms with van der Waals surface area (Å²) in [5.74, 6) is -1.02. The first-order chi connectivity index (χ1) is 16.6. The fraction of sp³-hybridized carbons (Fsp3) is 0.333. The summed E-state index contributed by atoms with van der Waals surface area (Å²) in [5.41, 5.74) is 4.01. The molecule has 6 nitrogen and oxygen atoms in total. The first kappa shape index (κ1) is 25.3. The standard InChI is InChI=1S/C27H27BrClNO5/c1-13(2)35-27(33)23-14(3)30-20-10-16(15-5-7-18(29)8-6-15)11-21(31)25(20)24(23)17-9-19(28)26(32)22(12-17)34-4/h5-9,12-13,16,24,30,32H,10-11H2,1-4H3. The quantitative estimate of drug-likeness (QED) is 0.428. The molecule has 0 fully saturated rings. The Kier molecular flexibility index (Phi) is 7.29. The summed E-state index contributed by atoms with van der Waals surface area (Å²) in [6.45, 7) is 5.38. The highest BCUT2D eigenvalue weighted by Gasteiger charge is 2.42. The van der Waals surface area contributed by atoms with Gasteiger partial charge in [0.2, 0.25) is 0 Å². The minimum absolute atomic E-state index is 0.00952. The Morgan fingerprint density at radius 3 is 2.49 bits per heavy atom. The van der Waals surface area contributed by atoms with Gasteiger partial charge >= 0.3 is 5.97 Å². The zero-order chi connectivity index (χ0) is 25.4. The highest BCUT2D eigenvalue weighted by molar-refractivity contribution is 9.10. The van der Waals surface area contributed by atoms with E-state index in [9.17, 15) is 14.7 Å². The number of halogens is 2. The molecule has 2 atom stereocenters. The van der Waals surface area contributed by atoms with Crippen molar-refractivity contribution in [1.82, 2.24) is 5.32 Å². The van der Waals surface area contributed by atoms with Gasteiger partial charge in [-0.15, -0.1) is 0 Å². The maximum absolute atomic E-state index is 13.7. The normalized spacial score (nSPS) is 20.0. The fourth-order valence-corrected chi connectivity index (χ4v) is 5.39. The second-order valence-corrected chi connectivity index (χ2v) is 10.4. The van der Waals surface area contributed by atoms with E-state index >= 15 is 0 Å². The summed E-state index contributed by atoms with van der Waals surface area (Å²) < 4.78 is 11.3. The van der Waals surface area contributed by atoms with Crippen LogP contribution in [0.3, 0.4) is 0 Å². The summed E-state index contributed by atoms with van der Waals surface area (Å²) in [6.07, 6.45) is 0.594. The Morgan fingerprint density at radius 2 is 1.86 bits per heavy atom. The molecule has 2 aromatic carbocycles. The molecule has 0 bridgehead atoms. The molecule has 2 aliphatic rings. The molecule has 0 saturated carbocycles. The zero-order valence-electron chi connectivity index (χ0n) is 19.9. The molecule has 0 aromatic heterocycles. The first-order valence-corrected chi connectivity index (χ1v) is 12.5. The summed E-state index contributed by atoms with van der Waals surface area (Å²) >= 11 is 9.43. The van der Waals surface area contributed by atoms with E-state index in [2.05, 4.69) is 21.2 Å². The van der Waals surface area contributed by atoms with Gasteiger partial charge < -0.3 is 19.9 Å². The third-order valence-corrected chi connectivity index (χ3v) is 7.19. The van der Waals surface area contributed by atoms with Crippen molar-refractivity contribution in [2.24, 2.45) is 0 Å². The van der Waals surface area contributed by atoms with Crippen molar-refractivity contribution in [3.8, 4) is 11.5 Å². The molecule has 1 heterocycles. The van der Waals surface area contributed by atoms with Gasteiger partial charge in [-0.05, 0) is 84.4 Å². The average molecular weight is 561 g/mol. The Hall–Kier alpha value is -2.77. The summed E-state index contributed by atoms with van der Waals surface area (Å²) in [4.78, 5) is 26.9. The number of methoxy groups -OCH3 is 1. The maximum Gasteiger partial charge on any atom is 0.337 e. The lowest BCUT2D eigenvalue weighted by Gasteiger charge is -2.37. The number of hydrogen-bond acceptors (Lipinski definition) is 6. The lowest BCUT2D eigenvalue weighted by molar-refractivity contribution is -0.143. The Labute approximate surface area is 218 Å². The SMILES string of the molecule is COc1cc(C2C(C(=O)OC(C)C)=C(C)NC3=C2C(=O)CC(c2ccc(Cl)cc2)C3)cc(Br)c1O. The molecule has 8 heteroatoms.